The Hall–Kier alpha value is -0.740. The van der Waals surface area contributed by atoms with Gasteiger partial charge in [-0.2, -0.15) is 16.8 Å². The zero-order valence-corrected chi connectivity index (χ0v) is 16.4. The number of benzene rings is 3. The summed E-state index contributed by atoms with van der Waals surface area (Å²) >= 11 is 0. The molecule has 124 valence electrons. The van der Waals surface area contributed by atoms with Crippen LogP contribution in [0.2, 0.25) is 0 Å². The van der Waals surface area contributed by atoms with Crippen molar-refractivity contribution >= 4 is 79.5 Å². The van der Waals surface area contributed by atoms with Crippen LogP contribution in [0.3, 0.4) is 0 Å². The van der Waals surface area contributed by atoms with E-state index in [1.807, 2.05) is 12.1 Å². The third kappa shape index (κ3) is 3.45. The van der Waals surface area contributed by atoms with Crippen molar-refractivity contribution in [3.8, 4) is 0 Å². The summed E-state index contributed by atoms with van der Waals surface area (Å²) in [5.74, 6) is 0. The van der Waals surface area contributed by atoms with Crippen LogP contribution in [-0.4, -0.2) is 63.7 Å². The summed E-state index contributed by atoms with van der Waals surface area (Å²) in [6, 6.07) is 11.8. The fourth-order valence-corrected chi connectivity index (χ4v) is 5.04. The third-order valence-electron chi connectivity index (χ3n) is 3.61. The molecule has 0 aromatic heterocycles. The van der Waals surface area contributed by atoms with Crippen LogP contribution >= 0.6 is 0 Å². The molecule has 24 heavy (non-hydrogen) atoms. The quantitative estimate of drug-likeness (QED) is 0.393. The average molecular weight is 394 g/mol. The first-order chi connectivity index (χ1) is 10.6. The molecule has 9 heteroatoms. The van der Waals surface area contributed by atoms with Crippen LogP contribution in [0.25, 0.3) is 21.5 Å². The van der Waals surface area contributed by atoms with E-state index in [1.165, 1.54) is 19.1 Å². The molecule has 0 aliphatic rings. The van der Waals surface area contributed by atoms with Gasteiger partial charge in [-0.3, -0.25) is 9.11 Å². The molecule has 0 amide bonds. The topological polar surface area (TPSA) is 109 Å². The first-order valence-electron chi connectivity index (χ1n) is 6.50. The van der Waals surface area contributed by atoms with Crippen LogP contribution in [0.4, 0.5) is 0 Å². The van der Waals surface area contributed by atoms with Crippen molar-refractivity contribution in [3.05, 3.63) is 48.0 Å². The summed E-state index contributed by atoms with van der Waals surface area (Å²) in [5.41, 5.74) is 0.0305. The standard InChI is InChI=1S/C15H12O6S2.Ca.2H/c1-9-6-12-7-10-4-2-3-5-11(10)8-13(12)15(23(19,20)21)14(9)22(16,17)18;;;/h2-8H,1H3,(H,16,17,18)(H,19,20,21);;;/q;+2;2*-1. The summed E-state index contributed by atoms with van der Waals surface area (Å²) in [4.78, 5) is -1.61. The minimum absolute atomic E-state index is 0. The second-order valence-corrected chi connectivity index (χ2v) is 7.94. The molecule has 0 atom stereocenters. The van der Waals surface area contributed by atoms with Gasteiger partial charge in [0.05, 0.1) is 0 Å². The molecular formula is C15H14CaO6S2. The van der Waals surface area contributed by atoms with Gasteiger partial charge in [-0.05, 0) is 46.8 Å². The monoisotopic (exact) mass is 394 g/mol. The van der Waals surface area contributed by atoms with Crippen LogP contribution in [0.5, 0.6) is 0 Å². The molecule has 0 fully saturated rings. The minimum Gasteiger partial charge on any atom is -1.00 e. The maximum Gasteiger partial charge on any atom is 2.00 e. The molecule has 3 aromatic rings. The van der Waals surface area contributed by atoms with Crippen molar-refractivity contribution in [1.82, 2.24) is 0 Å². The Morgan fingerprint density at radius 3 is 1.79 bits per heavy atom. The normalized spacial score (nSPS) is 12.3. The zero-order valence-electron chi connectivity index (χ0n) is 14.6. The van der Waals surface area contributed by atoms with Crippen molar-refractivity contribution in [2.75, 3.05) is 0 Å². The van der Waals surface area contributed by atoms with Crippen LogP contribution in [0.1, 0.15) is 8.42 Å². The summed E-state index contributed by atoms with van der Waals surface area (Å²) < 4.78 is 65.7. The van der Waals surface area contributed by atoms with Gasteiger partial charge in [0.25, 0.3) is 20.2 Å². The van der Waals surface area contributed by atoms with Gasteiger partial charge in [-0.15, -0.1) is 0 Å². The van der Waals surface area contributed by atoms with Gasteiger partial charge in [0.2, 0.25) is 0 Å². The smallest absolute Gasteiger partial charge is 1.00 e. The van der Waals surface area contributed by atoms with Crippen molar-refractivity contribution in [1.29, 1.82) is 0 Å². The molecule has 0 saturated carbocycles. The largest absolute Gasteiger partial charge is 2.00 e. The van der Waals surface area contributed by atoms with E-state index in [4.69, 9.17) is 0 Å². The fraction of sp³-hybridized carbons (Fsp3) is 0.0667. The van der Waals surface area contributed by atoms with E-state index in [1.54, 1.807) is 18.2 Å². The van der Waals surface area contributed by atoms with Gasteiger partial charge in [-0.1, -0.05) is 24.3 Å². The molecule has 0 heterocycles. The molecular weight excluding hydrogens is 380 g/mol. The Labute approximate surface area is 172 Å². The van der Waals surface area contributed by atoms with Crippen LogP contribution < -0.4 is 0 Å². The van der Waals surface area contributed by atoms with Crippen molar-refractivity contribution in [2.45, 2.75) is 16.7 Å². The van der Waals surface area contributed by atoms with E-state index < -0.39 is 30.0 Å². The maximum atomic E-state index is 11.8. The molecule has 0 radical (unpaired) electrons. The van der Waals surface area contributed by atoms with Gasteiger partial charge < -0.3 is 2.85 Å². The molecule has 6 nitrogen and oxygen atoms in total. The molecule has 0 spiro atoms. The van der Waals surface area contributed by atoms with Crippen molar-refractivity contribution < 1.29 is 28.8 Å². The average Bonchev–Trinajstić information content (AvgIpc) is 2.41. The molecule has 2 N–H and O–H groups in total. The van der Waals surface area contributed by atoms with E-state index in [-0.39, 0.29) is 51.5 Å². The van der Waals surface area contributed by atoms with Gasteiger partial charge in [-0.25, -0.2) is 0 Å². The molecule has 0 aliphatic carbocycles. The summed E-state index contributed by atoms with van der Waals surface area (Å²) in [5, 5.41) is 1.99. The summed E-state index contributed by atoms with van der Waals surface area (Å²) in [6.07, 6.45) is 0. The van der Waals surface area contributed by atoms with Crippen molar-refractivity contribution in [3.63, 3.8) is 0 Å². The Morgan fingerprint density at radius 2 is 1.29 bits per heavy atom. The summed E-state index contributed by atoms with van der Waals surface area (Å²) in [7, 11) is -9.70. The van der Waals surface area contributed by atoms with E-state index in [2.05, 4.69) is 0 Å². The molecule has 3 aromatic carbocycles. The van der Waals surface area contributed by atoms with Gasteiger partial charge in [0.15, 0.2) is 0 Å². The second kappa shape index (κ2) is 6.53. The zero-order chi connectivity index (χ0) is 17.0. The minimum atomic E-state index is -4.87. The predicted octanol–water partition coefficient (Wildman–Crippen LogP) is 2.64. The SMILES string of the molecule is Cc1cc2cc3ccccc3cc2c(S(=O)(=O)O)c1S(=O)(=O)O.[Ca+2].[H-].[H-]. The second-order valence-electron chi connectivity index (χ2n) is 5.22. The third-order valence-corrected chi connectivity index (χ3v) is 5.73. The first kappa shape index (κ1) is 19.6. The van der Waals surface area contributed by atoms with E-state index in [9.17, 15) is 25.9 Å². The van der Waals surface area contributed by atoms with Crippen LogP contribution in [0, 0.1) is 6.92 Å². The van der Waals surface area contributed by atoms with E-state index >= 15 is 0 Å². The number of aryl methyl sites for hydroxylation is 1. The number of hydrogen-bond acceptors (Lipinski definition) is 4. The predicted molar refractivity (Wildman–Crippen MR) is 93.8 cm³/mol. The number of rotatable bonds is 2. The Bertz CT molecular complexity index is 1180. The van der Waals surface area contributed by atoms with Crippen LogP contribution in [0.15, 0.2) is 52.3 Å². The Balaban J connectivity index is 0.00000208. The van der Waals surface area contributed by atoms with E-state index in [0.29, 0.717) is 10.8 Å². The maximum absolute atomic E-state index is 11.8. The van der Waals surface area contributed by atoms with Crippen molar-refractivity contribution in [2.24, 2.45) is 0 Å². The Kier molecular flexibility index (Phi) is 5.33. The van der Waals surface area contributed by atoms with Gasteiger partial charge in [0, 0.05) is 5.39 Å². The molecule has 3 rings (SSSR count). The van der Waals surface area contributed by atoms with E-state index in [0.717, 1.165) is 5.39 Å². The van der Waals surface area contributed by atoms with Gasteiger partial charge in [0.1, 0.15) is 9.79 Å². The Morgan fingerprint density at radius 1 is 0.792 bits per heavy atom. The fourth-order valence-electron chi connectivity index (χ4n) is 2.75. The summed E-state index contributed by atoms with van der Waals surface area (Å²) in [6.45, 7) is 1.35. The number of fused-ring (bicyclic) bond motifs is 2. The number of hydrogen-bond donors (Lipinski definition) is 2. The molecule has 0 aliphatic heterocycles. The molecule has 0 unspecified atom stereocenters. The van der Waals surface area contributed by atoms with Crippen LogP contribution in [-0.2, 0) is 20.2 Å². The molecule has 0 saturated heterocycles. The first-order valence-corrected chi connectivity index (χ1v) is 9.38. The van der Waals surface area contributed by atoms with Gasteiger partial charge >= 0.3 is 37.7 Å². The molecule has 0 bridgehead atoms.